The van der Waals surface area contributed by atoms with Gasteiger partial charge in [-0.3, -0.25) is 4.57 Å². The maximum atomic E-state index is 12.9. The number of halogens is 1. The van der Waals surface area contributed by atoms with Crippen molar-refractivity contribution in [1.82, 2.24) is 19.1 Å². The van der Waals surface area contributed by atoms with Gasteiger partial charge in [0, 0.05) is 12.6 Å². The van der Waals surface area contributed by atoms with E-state index in [2.05, 4.69) is 9.82 Å². The Morgan fingerprint density at radius 2 is 1.96 bits per heavy atom. The van der Waals surface area contributed by atoms with Crippen LogP contribution in [0.2, 0.25) is 0 Å². The molecule has 4 rings (SSSR count). The SMILES string of the molecule is O=c1n(CCNS(=O)(=O)Cc2ccc(F)cc2)nc(-c2ccco2)n1C1CC1. The molecule has 0 saturated heterocycles. The fourth-order valence-electron chi connectivity index (χ4n) is 2.96. The maximum Gasteiger partial charge on any atom is 0.346 e. The van der Waals surface area contributed by atoms with Crippen LogP contribution in [-0.2, 0) is 22.3 Å². The average molecular weight is 406 g/mol. The largest absolute Gasteiger partial charge is 0.461 e. The molecule has 1 saturated carbocycles. The molecule has 2 heterocycles. The predicted octanol–water partition coefficient (Wildman–Crippen LogP) is 1.90. The summed E-state index contributed by atoms with van der Waals surface area (Å²) in [4.78, 5) is 12.7. The number of furan rings is 1. The van der Waals surface area contributed by atoms with E-state index in [0.29, 0.717) is 17.1 Å². The van der Waals surface area contributed by atoms with Gasteiger partial charge in [0.25, 0.3) is 0 Å². The number of hydrogen-bond acceptors (Lipinski definition) is 5. The molecule has 148 valence electrons. The Kier molecular flexibility index (Phi) is 4.90. The van der Waals surface area contributed by atoms with E-state index in [9.17, 15) is 17.6 Å². The normalized spacial score (nSPS) is 14.5. The molecule has 1 aromatic carbocycles. The smallest absolute Gasteiger partial charge is 0.346 e. The Morgan fingerprint density at radius 3 is 2.61 bits per heavy atom. The van der Waals surface area contributed by atoms with E-state index in [1.54, 1.807) is 16.7 Å². The lowest BCUT2D eigenvalue weighted by Gasteiger charge is -2.06. The van der Waals surface area contributed by atoms with Crippen LogP contribution in [0.3, 0.4) is 0 Å². The van der Waals surface area contributed by atoms with E-state index in [0.717, 1.165) is 12.8 Å². The zero-order valence-corrected chi connectivity index (χ0v) is 15.7. The highest BCUT2D eigenvalue weighted by Gasteiger charge is 2.31. The Labute approximate surface area is 160 Å². The van der Waals surface area contributed by atoms with Crippen LogP contribution in [0.25, 0.3) is 11.6 Å². The molecular weight excluding hydrogens is 387 g/mol. The second kappa shape index (κ2) is 7.36. The molecule has 1 aliphatic rings. The number of aromatic nitrogens is 3. The number of sulfonamides is 1. The highest BCUT2D eigenvalue weighted by molar-refractivity contribution is 7.88. The van der Waals surface area contributed by atoms with Crippen molar-refractivity contribution < 1.29 is 17.2 Å². The standard InChI is InChI=1S/C18H19FN4O4S/c19-14-5-3-13(4-6-14)12-28(25,26)20-9-10-22-18(24)23(15-7-8-15)17(21-22)16-2-1-11-27-16/h1-6,11,15,20H,7-10,12H2. The summed E-state index contributed by atoms with van der Waals surface area (Å²) in [5.41, 5.74) is 0.191. The first-order chi connectivity index (χ1) is 13.4. The Morgan fingerprint density at radius 1 is 1.21 bits per heavy atom. The van der Waals surface area contributed by atoms with Gasteiger partial charge in [0.05, 0.1) is 18.6 Å². The molecule has 0 radical (unpaired) electrons. The third-order valence-corrected chi connectivity index (χ3v) is 5.80. The topological polar surface area (TPSA) is 99.1 Å². The molecule has 1 fully saturated rings. The number of rotatable bonds is 8. The third kappa shape index (κ3) is 4.07. The van der Waals surface area contributed by atoms with Crippen LogP contribution in [0, 0.1) is 5.82 Å². The molecule has 0 unspecified atom stereocenters. The molecule has 0 bridgehead atoms. The van der Waals surface area contributed by atoms with E-state index in [1.165, 1.54) is 35.2 Å². The van der Waals surface area contributed by atoms with Crippen molar-refractivity contribution >= 4 is 10.0 Å². The van der Waals surface area contributed by atoms with Crippen molar-refractivity contribution in [3.63, 3.8) is 0 Å². The quantitative estimate of drug-likeness (QED) is 0.616. The van der Waals surface area contributed by atoms with Gasteiger partial charge in [-0.25, -0.2) is 27.0 Å². The lowest BCUT2D eigenvalue weighted by Crippen LogP contribution is -2.32. The molecule has 10 heteroatoms. The van der Waals surface area contributed by atoms with Gasteiger partial charge in [-0.15, -0.1) is 5.10 Å². The lowest BCUT2D eigenvalue weighted by molar-refractivity contribution is 0.546. The summed E-state index contributed by atoms with van der Waals surface area (Å²) < 4.78 is 48.0. The second-order valence-corrected chi connectivity index (χ2v) is 8.49. The number of benzene rings is 1. The summed E-state index contributed by atoms with van der Waals surface area (Å²) in [6.07, 6.45) is 3.33. The van der Waals surface area contributed by atoms with Gasteiger partial charge in [0.15, 0.2) is 5.76 Å². The van der Waals surface area contributed by atoms with E-state index in [4.69, 9.17) is 4.42 Å². The van der Waals surface area contributed by atoms with Gasteiger partial charge in [0.1, 0.15) is 5.82 Å². The van der Waals surface area contributed by atoms with E-state index < -0.39 is 15.8 Å². The number of nitrogens with one attached hydrogen (secondary N) is 1. The van der Waals surface area contributed by atoms with Crippen LogP contribution in [-0.4, -0.2) is 29.3 Å². The number of hydrogen-bond donors (Lipinski definition) is 1. The molecule has 28 heavy (non-hydrogen) atoms. The molecule has 8 nitrogen and oxygen atoms in total. The summed E-state index contributed by atoms with van der Waals surface area (Å²) in [5.74, 6) is 0.259. The van der Waals surface area contributed by atoms with Crippen LogP contribution < -0.4 is 10.4 Å². The first-order valence-corrected chi connectivity index (χ1v) is 10.5. The summed E-state index contributed by atoms with van der Waals surface area (Å²) >= 11 is 0. The fourth-order valence-corrected chi connectivity index (χ4v) is 4.10. The predicted molar refractivity (Wildman–Crippen MR) is 99.5 cm³/mol. The van der Waals surface area contributed by atoms with Crippen LogP contribution in [0.5, 0.6) is 0 Å². The first kappa shape index (κ1) is 18.6. The van der Waals surface area contributed by atoms with Gasteiger partial charge in [-0.05, 0) is 42.7 Å². The highest BCUT2D eigenvalue weighted by atomic mass is 32.2. The van der Waals surface area contributed by atoms with Gasteiger partial charge in [0.2, 0.25) is 15.8 Å². The molecule has 0 amide bonds. The molecule has 0 spiro atoms. The van der Waals surface area contributed by atoms with E-state index >= 15 is 0 Å². The molecule has 3 aromatic rings. The molecule has 1 aliphatic carbocycles. The zero-order valence-electron chi connectivity index (χ0n) is 14.9. The Bertz CT molecular complexity index is 1110. The van der Waals surface area contributed by atoms with Gasteiger partial charge < -0.3 is 4.42 Å². The summed E-state index contributed by atoms with van der Waals surface area (Å²) in [7, 11) is -3.62. The molecular formula is C18H19FN4O4S. The molecule has 0 aliphatic heterocycles. The van der Waals surface area contributed by atoms with Crippen molar-refractivity contribution in [2.45, 2.75) is 31.2 Å². The van der Waals surface area contributed by atoms with Crippen molar-refractivity contribution in [3.8, 4) is 11.6 Å². The average Bonchev–Trinajstić information content (AvgIpc) is 3.22. The lowest BCUT2D eigenvalue weighted by atomic mass is 10.2. The van der Waals surface area contributed by atoms with Gasteiger partial charge in [-0.2, -0.15) is 0 Å². The minimum Gasteiger partial charge on any atom is -0.461 e. The van der Waals surface area contributed by atoms with Crippen LogP contribution in [0.15, 0.2) is 51.9 Å². The molecule has 2 aromatic heterocycles. The van der Waals surface area contributed by atoms with E-state index in [-0.39, 0.29) is 30.6 Å². The first-order valence-electron chi connectivity index (χ1n) is 8.88. The summed E-state index contributed by atoms with van der Waals surface area (Å²) in [5, 5.41) is 4.32. The van der Waals surface area contributed by atoms with Crippen LogP contribution in [0.1, 0.15) is 24.4 Å². The monoisotopic (exact) mass is 406 g/mol. The summed E-state index contributed by atoms with van der Waals surface area (Å²) in [6.45, 7) is 0.109. The van der Waals surface area contributed by atoms with Crippen molar-refractivity contribution in [2.75, 3.05) is 6.54 Å². The maximum absolute atomic E-state index is 12.9. The zero-order chi connectivity index (χ0) is 19.7. The van der Waals surface area contributed by atoms with Crippen molar-refractivity contribution in [3.05, 3.63) is 64.5 Å². The van der Waals surface area contributed by atoms with Gasteiger partial charge >= 0.3 is 5.69 Å². The number of nitrogens with zero attached hydrogens (tertiary/aromatic N) is 3. The minimum atomic E-state index is -3.62. The van der Waals surface area contributed by atoms with Gasteiger partial charge in [-0.1, -0.05) is 12.1 Å². The second-order valence-electron chi connectivity index (χ2n) is 6.69. The third-order valence-electron chi connectivity index (χ3n) is 4.44. The Balaban J connectivity index is 1.44. The van der Waals surface area contributed by atoms with Crippen molar-refractivity contribution in [2.24, 2.45) is 0 Å². The molecule has 1 N–H and O–H groups in total. The van der Waals surface area contributed by atoms with E-state index in [1.807, 2.05) is 0 Å². The van der Waals surface area contributed by atoms with Crippen LogP contribution >= 0.6 is 0 Å². The summed E-state index contributed by atoms with van der Waals surface area (Å²) in [6, 6.07) is 8.83. The Hall–Kier alpha value is -2.72. The molecule has 0 atom stereocenters. The fraction of sp³-hybridized carbons (Fsp3) is 0.333. The minimum absolute atomic E-state index is 0.0166. The van der Waals surface area contributed by atoms with Crippen LogP contribution in [0.4, 0.5) is 4.39 Å². The highest BCUT2D eigenvalue weighted by Crippen LogP contribution is 2.36. The van der Waals surface area contributed by atoms with Crippen molar-refractivity contribution in [1.29, 1.82) is 0 Å².